The average Bonchev–Trinajstić information content (AvgIpc) is 3.48. The van der Waals surface area contributed by atoms with Crippen LogP contribution in [0.1, 0.15) is 52.1 Å². The van der Waals surface area contributed by atoms with E-state index in [0.29, 0.717) is 17.2 Å². The third-order valence-electron chi connectivity index (χ3n) is 6.01. The highest BCUT2D eigenvalue weighted by Crippen LogP contribution is 2.44. The summed E-state index contributed by atoms with van der Waals surface area (Å²) < 4.78 is 2.16. The van der Waals surface area contributed by atoms with Crippen molar-refractivity contribution in [3.8, 4) is 5.00 Å². The van der Waals surface area contributed by atoms with Gasteiger partial charge in [-0.1, -0.05) is 6.42 Å². The maximum atomic E-state index is 12.7. The molecule has 0 saturated heterocycles. The average molecular weight is 437 g/mol. The highest BCUT2D eigenvalue weighted by atomic mass is 32.1. The molecule has 0 spiro atoms. The predicted octanol–water partition coefficient (Wildman–Crippen LogP) is 6.23. The molecule has 0 aliphatic heterocycles. The third-order valence-corrected chi connectivity index (χ3v) is 8.55. The van der Waals surface area contributed by atoms with Crippen LogP contribution < -0.4 is 10.6 Å². The number of amides is 2. The van der Waals surface area contributed by atoms with Crippen LogP contribution in [0.2, 0.25) is 0 Å². The highest BCUT2D eigenvalue weighted by Gasteiger charge is 2.24. The topological polar surface area (TPSA) is 50.4 Å². The first-order chi connectivity index (χ1) is 14.7. The Morgan fingerprint density at radius 2 is 1.67 bits per heavy atom. The Balaban J connectivity index is 1.35. The van der Waals surface area contributed by atoms with Gasteiger partial charge < -0.3 is 15.2 Å². The third kappa shape index (κ3) is 3.55. The molecule has 2 amide bonds. The molecule has 0 saturated carbocycles. The number of urea groups is 1. The number of nitrogens with one attached hydrogen (secondary N) is 2. The van der Waals surface area contributed by atoms with Crippen molar-refractivity contribution in [2.45, 2.75) is 57.9 Å². The molecule has 0 radical (unpaired) electrons. The maximum Gasteiger partial charge on any atom is 0.319 e. The van der Waals surface area contributed by atoms with Crippen LogP contribution in [0.25, 0.3) is 9.85 Å². The Morgan fingerprint density at radius 3 is 2.40 bits per heavy atom. The van der Waals surface area contributed by atoms with Gasteiger partial charge in [0.15, 0.2) is 0 Å². The zero-order chi connectivity index (χ0) is 20.5. The summed E-state index contributed by atoms with van der Waals surface area (Å²) in [6.45, 7) is 8.08. The largest absolute Gasteiger partial charge is 0.334 e. The molecule has 0 unspecified atom stereocenters. The number of hydrogen-bond donors (Lipinski definition) is 2. The lowest BCUT2D eigenvalue weighted by molar-refractivity contribution is 0.252. The summed E-state index contributed by atoms with van der Waals surface area (Å²) >= 11 is 3.43. The minimum absolute atomic E-state index is 0.229. The monoisotopic (exact) mass is 436 g/mol. The van der Waals surface area contributed by atoms with Crippen LogP contribution in [0.15, 0.2) is 24.5 Å². The first kappa shape index (κ1) is 19.4. The summed E-state index contributed by atoms with van der Waals surface area (Å²) in [5.74, 6) is 0. The van der Waals surface area contributed by atoms with E-state index in [1.165, 1.54) is 45.1 Å². The summed E-state index contributed by atoms with van der Waals surface area (Å²) in [5.41, 5.74) is 4.45. The van der Waals surface area contributed by atoms with E-state index in [2.05, 4.69) is 32.4 Å². The van der Waals surface area contributed by atoms with E-state index in [-0.39, 0.29) is 6.03 Å². The number of carbonyl (C=O) groups excluding carboxylic acids is 1. The highest BCUT2D eigenvalue weighted by molar-refractivity contribution is 7.17. The zero-order valence-electron chi connectivity index (χ0n) is 16.8. The van der Waals surface area contributed by atoms with Crippen molar-refractivity contribution in [1.82, 2.24) is 9.88 Å². The maximum absolute atomic E-state index is 12.7. The number of aryl methyl sites for hydroxylation is 2. The number of anilines is 1. The molecule has 5 nitrogen and oxygen atoms in total. The van der Waals surface area contributed by atoms with Gasteiger partial charge in [-0.15, -0.1) is 22.7 Å². The van der Waals surface area contributed by atoms with E-state index in [1.54, 1.807) is 11.3 Å². The Labute approximate surface area is 184 Å². The standard InChI is InChI=1S/C23H24N4OS2/c1-24-20-16-9-3-5-11-19(16)29-21(20)26-23(28)25-14-17-15-8-2-4-10-18(15)30-22(17)27-12-6-7-13-27/h6-7,12-13H,2-5,8-11,14H2,(H2,25,26,28). The number of hydrogen-bond acceptors (Lipinski definition) is 3. The summed E-state index contributed by atoms with van der Waals surface area (Å²) in [4.78, 5) is 19.2. The summed E-state index contributed by atoms with van der Waals surface area (Å²) in [6.07, 6.45) is 13.1. The minimum Gasteiger partial charge on any atom is -0.334 e. The number of nitrogens with zero attached hydrogens (tertiary/aromatic N) is 2. The van der Waals surface area contributed by atoms with Gasteiger partial charge in [-0.3, -0.25) is 0 Å². The van der Waals surface area contributed by atoms with Gasteiger partial charge in [0.1, 0.15) is 10.0 Å². The predicted molar refractivity (Wildman–Crippen MR) is 123 cm³/mol. The van der Waals surface area contributed by atoms with Crippen LogP contribution >= 0.6 is 22.7 Å². The second-order valence-corrected chi connectivity index (χ2v) is 10.1. The fourth-order valence-electron chi connectivity index (χ4n) is 4.55. The van der Waals surface area contributed by atoms with Crippen molar-refractivity contribution < 1.29 is 4.79 Å². The second kappa shape index (κ2) is 8.29. The van der Waals surface area contributed by atoms with E-state index in [4.69, 9.17) is 6.57 Å². The molecule has 7 heteroatoms. The molecule has 3 aromatic rings. The Hall–Kier alpha value is -2.56. The Bertz CT molecular complexity index is 1120. The van der Waals surface area contributed by atoms with E-state index >= 15 is 0 Å². The molecule has 2 aliphatic carbocycles. The zero-order valence-corrected chi connectivity index (χ0v) is 18.4. The molecule has 154 valence electrons. The van der Waals surface area contributed by atoms with Crippen molar-refractivity contribution >= 4 is 39.4 Å². The summed E-state index contributed by atoms with van der Waals surface area (Å²) in [6, 6.07) is 3.84. The molecule has 2 aliphatic rings. The van der Waals surface area contributed by atoms with Gasteiger partial charge in [-0.2, -0.15) is 0 Å². The number of rotatable bonds is 4. The summed E-state index contributed by atoms with van der Waals surface area (Å²) in [7, 11) is 0. The van der Waals surface area contributed by atoms with Crippen molar-refractivity contribution in [3.63, 3.8) is 0 Å². The molecule has 0 fully saturated rings. The van der Waals surface area contributed by atoms with Gasteiger partial charge in [0.2, 0.25) is 5.69 Å². The number of fused-ring (bicyclic) bond motifs is 2. The van der Waals surface area contributed by atoms with E-state index in [9.17, 15) is 4.79 Å². The first-order valence-corrected chi connectivity index (χ1v) is 12.2. The van der Waals surface area contributed by atoms with Gasteiger partial charge in [0, 0.05) is 29.4 Å². The van der Waals surface area contributed by atoms with Crippen LogP contribution in [0, 0.1) is 6.57 Å². The lowest BCUT2D eigenvalue weighted by Gasteiger charge is -2.14. The molecule has 2 N–H and O–H groups in total. The molecule has 5 rings (SSSR count). The molecule has 30 heavy (non-hydrogen) atoms. The fourth-order valence-corrected chi connectivity index (χ4v) is 7.14. The minimum atomic E-state index is -0.229. The van der Waals surface area contributed by atoms with Gasteiger partial charge in [0.05, 0.1) is 6.57 Å². The Morgan fingerprint density at radius 1 is 1.00 bits per heavy atom. The van der Waals surface area contributed by atoms with Crippen molar-refractivity contribution in [2.75, 3.05) is 5.32 Å². The van der Waals surface area contributed by atoms with Gasteiger partial charge >= 0.3 is 6.03 Å². The van der Waals surface area contributed by atoms with Crippen molar-refractivity contribution in [1.29, 1.82) is 0 Å². The smallest absolute Gasteiger partial charge is 0.319 e. The van der Waals surface area contributed by atoms with E-state index < -0.39 is 0 Å². The molecular formula is C23H24N4OS2. The lowest BCUT2D eigenvalue weighted by atomic mass is 9.95. The molecule has 0 atom stereocenters. The normalized spacial score (nSPS) is 15.2. The lowest BCUT2D eigenvalue weighted by Crippen LogP contribution is -2.28. The SMILES string of the molecule is [C-]#[N+]c1c(NC(=O)NCc2c(-n3cccc3)sc3c2CCCC3)sc2c1CCCC2. The van der Waals surface area contributed by atoms with Gasteiger partial charge in [-0.05, 0) is 73.1 Å². The molecule has 3 heterocycles. The summed E-state index contributed by atoms with van der Waals surface area (Å²) in [5, 5.41) is 7.94. The van der Waals surface area contributed by atoms with E-state index in [1.807, 2.05) is 23.5 Å². The van der Waals surface area contributed by atoms with Crippen LogP contribution in [0.4, 0.5) is 15.5 Å². The molecular weight excluding hydrogens is 412 g/mol. The number of aromatic nitrogens is 1. The van der Waals surface area contributed by atoms with E-state index in [0.717, 1.165) is 37.7 Å². The molecule has 3 aromatic heterocycles. The number of carbonyl (C=O) groups is 1. The van der Waals surface area contributed by atoms with Gasteiger partial charge in [-0.25, -0.2) is 9.64 Å². The van der Waals surface area contributed by atoms with Crippen molar-refractivity contribution in [2.24, 2.45) is 0 Å². The van der Waals surface area contributed by atoms with Crippen LogP contribution in [0.3, 0.4) is 0 Å². The quantitative estimate of drug-likeness (QED) is 0.468. The second-order valence-electron chi connectivity index (χ2n) is 7.89. The first-order valence-electron chi connectivity index (χ1n) is 10.6. The molecule has 0 aromatic carbocycles. The van der Waals surface area contributed by atoms with Crippen molar-refractivity contribution in [3.05, 3.63) is 62.4 Å². The molecule has 0 bridgehead atoms. The van der Waals surface area contributed by atoms with Crippen LogP contribution in [-0.2, 0) is 32.2 Å². The Kier molecular flexibility index (Phi) is 5.36. The van der Waals surface area contributed by atoms with Gasteiger partial charge in [0.25, 0.3) is 0 Å². The fraction of sp³-hybridized carbons (Fsp3) is 0.391. The number of thiophene rings is 2. The van der Waals surface area contributed by atoms with Crippen LogP contribution in [-0.4, -0.2) is 10.6 Å². The van der Waals surface area contributed by atoms with Crippen LogP contribution in [0.5, 0.6) is 0 Å².